The molecule has 5 heteroatoms. The summed E-state index contributed by atoms with van der Waals surface area (Å²) < 4.78 is 23.3. The van der Waals surface area contributed by atoms with Crippen LogP contribution in [0.25, 0.3) is 0 Å². The Hall–Kier alpha value is -0.883. The first-order valence-electron chi connectivity index (χ1n) is 6.71. The van der Waals surface area contributed by atoms with Crippen LogP contribution >= 0.6 is 0 Å². The molecule has 0 aromatic heterocycles. The molecule has 0 aliphatic heterocycles. The molecule has 0 saturated heterocycles. The molecule has 0 saturated carbocycles. The molecule has 1 aromatic carbocycles. The number of ether oxygens (including phenoxy) is 1. The van der Waals surface area contributed by atoms with E-state index in [9.17, 15) is 0 Å². The fourth-order valence-corrected chi connectivity index (χ4v) is 4.99. The zero-order valence-corrected chi connectivity index (χ0v) is 13.5. The average Bonchev–Trinajstić information content (AvgIpc) is 2.39. The quantitative estimate of drug-likeness (QED) is 0.686. The molecule has 0 unspecified atom stereocenters. The van der Waals surface area contributed by atoms with Crippen LogP contribution in [0, 0.1) is 6.92 Å². The highest BCUT2D eigenvalue weighted by Gasteiger charge is 2.46. The topological polar surface area (TPSA) is 36.9 Å². The molecule has 0 amide bonds. The van der Waals surface area contributed by atoms with Gasteiger partial charge in [-0.1, -0.05) is 12.1 Å². The second-order valence-electron chi connectivity index (χ2n) is 4.01. The molecule has 108 valence electrons. The maximum absolute atomic E-state index is 5.93. The number of benzene rings is 1. The van der Waals surface area contributed by atoms with Crippen molar-refractivity contribution in [3.05, 3.63) is 23.8 Å². The minimum atomic E-state index is -2.91. The molecule has 0 atom stereocenters. The highest BCUT2D eigenvalue weighted by atomic mass is 28.4. The molecular formula is C14H24O4Si. The smallest absolute Gasteiger partial charge is 0.497 e. The monoisotopic (exact) mass is 284 g/mol. The van der Waals surface area contributed by atoms with Crippen LogP contribution in [0.15, 0.2) is 18.2 Å². The molecule has 0 aliphatic carbocycles. The highest BCUT2D eigenvalue weighted by Crippen LogP contribution is 2.20. The molecular weight excluding hydrogens is 260 g/mol. The highest BCUT2D eigenvalue weighted by molar-refractivity contribution is 6.76. The van der Waals surface area contributed by atoms with Gasteiger partial charge in [-0.2, -0.15) is 0 Å². The van der Waals surface area contributed by atoms with Crippen LogP contribution in [-0.4, -0.2) is 35.7 Å². The van der Waals surface area contributed by atoms with E-state index in [0.717, 1.165) is 16.5 Å². The fraction of sp³-hybridized carbons (Fsp3) is 0.571. The Balaban J connectivity index is 3.36. The van der Waals surface area contributed by atoms with Gasteiger partial charge in [0.25, 0.3) is 0 Å². The number of rotatable bonds is 8. The first kappa shape index (κ1) is 16.2. The lowest BCUT2D eigenvalue weighted by Crippen LogP contribution is -2.58. The molecule has 0 aliphatic rings. The SMILES string of the molecule is CCO[Si](OCC)(OCC)c1c(C)cccc1OC. The summed E-state index contributed by atoms with van der Waals surface area (Å²) in [7, 11) is -1.25. The zero-order chi connectivity index (χ0) is 14.3. The fourth-order valence-electron chi connectivity index (χ4n) is 2.11. The van der Waals surface area contributed by atoms with E-state index in [0.29, 0.717) is 19.8 Å². The van der Waals surface area contributed by atoms with Crippen molar-refractivity contribution in [2.75, 3.05) is 26.9 Å². The van der Waals surface area contributed by atoms with Crippen LogP contribution in [0.5, 0.6) is 5.75 Å². The second kappa shape index (κ2) is 7.64. The molecule has 0 N–H and O–H groups in total. The minimum Gasteiger partial charge on any atom is -0.497 e. The van der Waals surface area contributed by atoms with Crippen LogP contribution in [0.3, 0.4) is 0 Å². The number of hydrogen-bond acceptors (Lipinski definition) is 4. The summed E-state index contributed by atoms with van der Waals surface area (Å²) in [6.45, 7) is 9.51. The van der Waals surface area contributed by atoms with Crippen molar-refractivity contribution in [1.29, 1.82) is 0 Å². The third-order valence-electron chi connectivity index (χ3n) is 2.76. The molecule has 0 fully saturated rings. The van der Waals surface area contributed by atoms with Gasteiger partial charge in [0.15, 0.2) is 0 Å². The van der Waals surface area contributed by atoms with E-state index in [1.54, 1.807) is 7.11 Å². The van der Waals surface area contributed by atoms with Gasteiger partial charge in [0.2, 0.25) is 0 Å². The summed E-state index contributed by atoms with van der Waals surface area (Å²) in [5.74, 6) is 0.766. The van der Waals surface area contributed by atoms with Crippen LogP contribution in [0.2, 0.25) is 0 Å². The first-order valence-corrected chi connectivity index (χ1v) is 8.43. The largest absolute Gasteiger partial charge is 0.541 e. The van der Waals surface area contributed by atoms with Crippen molar-refractivity contribution >= 4 is 14.0 Å². The van der Waals surface area contributed by atoms with Crippen molar-refractivity contribution in [2.24, 2.45) is 0 Å². The van der Waals surface area contributed by atoms with Gasteiger partial charge in [0.05, 0.1) is 12.3 Å². The Kier molecular flexibility index (Phi) is 6.51. The van der Waals surface area contributed by atoms with Gasteiger partial charge in [-0.15, -0.1) is 0 Å². The lowest BCUT2D eigenvalue weighted by atomic mass is 10.2. The van der Waals surface area contributed by atoms with Gasteiger partial charge >= 0.3 is 8.80 Å². The third-order valence-corrected chi connectivity index (χ3v) is 6.02. The number of hydrogen-bond donors (Lipinski definition) is 0. The van der Waals surface area contributed by atoms with E-state index in [1.165, 1.54) is 0 Å². The van der Waals surface area contributed by atoms with Crippen molar-refractivity contribution in [2.45, 2.75) is 27.7 Å². The van der Waals surface area contributed by atoms with Crippen molar-refractivity contribution < 1.29 is 18.0 Å². The Labute approximate surface area is 117 Å². The van der Waals surface area contributed by atoms with Gasteiger partial charge in [-0.05, 0) is 39.3 Å². The van der Waals surface area contributed by atoms with Crippen LogP contribution in [0.1, 0.15) is 26.3 Å². The van der Waals surface area contributed by atoms with Gasteiger partial charge in [-0.25, -0.2) is 0 Å². The first-order chi connectivity index (χ1) is 9.15. The molecule has 4 nitrogen and oxygen atoms in total. The van der Waals surface area contributed by atoms with E-state index in [-0.39, 0.29) is 0 Å². The van der Waals surface area contributed by atoms with E-state index in [4.69, 9.17) is 18.0 Å². The summed E-state index contributed by atoms with van der Waals surface area (Å²) in [4.78, 5) is 0. The Morgan fingerprint density at radius 3 is 1.89 bits per heavy atom. The lowest BCUT2D eigenvalue weighted by molar-refractivity contribution is 0.0852. The maximum Gasteiger partial charge on any atom is 0.541 e. The van der Waals surface area contributed by atoms with E-state index >= 15 is 0 Å². The summed E-state index contributed by atoms with van der Waals surface area (Å²) in [5.41, 5.74) is 1.07. The lowest BCUT2D eigenvalue weighted by Gasteiger charge is -2.30. The zero-order valence-electron chi connectivity index (χ0n) is 12.5. The molecule has 0 spiro atoms. The van der Waals surface area contributed by atoms with Crippen LogP contribution in [0.4, 0.5) is 0 Å². The molecule has 19 heavy (non-hydrogen) atoms. The Morgan fingerprint density at radius 2 is 1.47 bits per heavy atom. The van der Waals surface area contributed by atoms with Crippen LogP contribution in [-0.2, 0) is 13.3 Å². The predicted molar refractivity (Wildman–Crippen MR) is 78.0 cm³/mol. The second-order valence-corrected chi connectivity index (χ2v) is 6.49. The normalized spacial score (nSPS) is 11.6. The number of methoxy groups -OCH3 is 1. The third kappa shape index (κ3) is 3.57. The molecule has 1 rings (SSSR count). The summed E-state index contributed by atoms with van der Waals surface area (Å²) in [6, 6.07) is 5.90. The maximum atomic E-state index is 5.93. The average molecular weight is 284 g/mol. The van der Waals surface area contributed by atoms with Gasteiger partial charge in [0, 0.05) is 19.8 Å². The standard InChI is InChI=1S/C14H24O4Si/c1-6-16-19(17-7-2,18-8-3)14-12(4)10-9-11-13(14)15-5/h9-11H,6-8H2,1-5H3. The van der Waals surface area contributed by atoms with E-state index in [1.807, 2.05) is 45.9 Å². The molecule has 1 aromatic rings. The molecule has 0 bridgehead atoms. The van der Waals surface area contributed by atoms with E-state index in [2.05, 4.69) is 0 Å². The van der Waals surface area contributed by atoms with Crippen molar-refractivity contribution in [3.8, 4) is 5.75 Å². The Bertz CT molecular complexity index is 378. The van der Waals surface area contributed by atoms with Gasteiger partial charge in [-0.3, -0.25) is 0 Å². The van der Waals surface area contributed by atoms with Crippen molar-refractivity contribution in [3.63, 3.8) is 0 Å². The van der Waals surface area contributed by atoms with Gasteiger partial charge in [0.1, 0.15) is 5.75 Å². The summed E-state index contributed by atoms with van der Waals surface area (Å²) in [5, 5.41) is 0.933. The van der Waals surface area contributed by atoms with Gasteiger partial charge < -0.3 is 18.0 Å². The summed E-state index contributed by atoms with van der Waals surface area (Å²) in [6.07, 6.45) is 0. The summed E-state index contributed by atoms with van der Waals surface area (Å²) >= 11 is 0. The predicted octanol–water partition coefficient (Wildman–Crippen LogP) is 2.26. The number of aryl methyl sites for hydroxylation is 1. The minimum absolute atomic E-state index is 0.545. The van der Waals surface area contributed by atoms with Crippen molar-refractivity contribution in [1.82, 2.24) is 0 Å². The van der Waals surface area contributed by atoms with Crippen LogP contribution < -0.4 is 9.92 Å². The molecule has 0 radical (unpaired) electrons. The Morgan fingerprint density at radius 1 is 0.947 bits per heavy atom. The van der Waals surface area contributed by atoms with E-state index < -0.39 is 8.80 Å². The molecule has 0 heterocycles.